The summed E-state index contributed by atoms with van der Waals surface area (Å²) in [5, 5.41) is 9.71. The summed E-state index contributed by atoms with van der Waals surface area (Å²) < 4.78 is 17.3. The van der Waals surface area contributed by atoms with Crippen molar-refractivity contribution in [1.82, 2.24) is 0 Å². The Bertz CT molecular complexity index is 2120. The lowest BCUT2D eigenvalue weighted by Crippen LogP contribution is -2.35. The van der Waals surface area contributed by atoms with Crippen molar-refractivity contribution in [2.24, 2.45) is 0 Å². The number of nitrogens with zero attached hydrogens (tertiary/aromatic N) is 1. The predicted molar refractivity (Wildman–Crippen MR) is 206 cm³/mol. The molecule has 1 aliphatic carbocycles. The summed E-state index contributed by atoms with van der Waals surface area (Å²) in [5.74, 6) is 0. The molecule has 0 aliphatic heterocycles. The third kappa shape index (κ3) is 6.15. The van der Waals surface area contributed by atoms with E-state index in [2.05, 4.69) is 127 Å². The van der Waals surface area contributed by atoms with E-state index in [1.165, 1.54) is 95.7 Å². The van der Waals surface area contributed by atoms with E-state index < -0.39 is 8.16 Å². The van der Waals surface area contributed by atoms with Crippen LogP contribution in [0, 0.1) is 0 Å². The van der Waals surface area contributed by atoms with Gasteiger partial charge in [0.25, 0.3) is 0 Å². The molecule has 0 bridgehead atoms. The van der Waals surface area contributed by atoms with E-state index in [0.29, 0.717) is 6.04 Å². The molecule has 1 heterocycles. The normalized spacial score (nSPS) is 16.4. The van der Waals surface area contributed by atoms with Crippen molar-refractivity contribution in [3.63, 3.8) is 0 Å². The van der Waals surface area contributed by atoms with Crippen molar-refractivity contribution in [3.8, 4) is 0 Å². The highest BCUT2D eigenvalue weighted by Gasteiger charge is 2.31. The van der Waals surface area contributed by atoms with Crippen molar-refractivity contribution in [3.05, 3.63) is 121 Å². The molecule has 8 rings (SSSR count). The van der Waals surface area contributed by atoms with Gasteiger partial charge in [0.15, 0.2) is 0 Å². The zero-order chi connectivity index (χ0) is 32.3. The zero-order valence-electron chi connectivity index (χ0n) is 28.1. The van der Waals surface area contributed by atoms with E-state index in [0.717, 1.165) is 34.8 Å². The van der Waals surface area contributed by atoms with E-state index in [1.54, 1.807) is 0 Å². The molecule has 244 valence electrons. The number of hydrogen-bond acceptors (Lipinski definition) is 3. The largest absolute Gasteiger partial charge is 0.408 e. The van der Waals surface area contributed by atoms with Crippen molar-refractivity contribution in [2.45, 2.75) is 89.6 Å². The Kier molecular flexibility index (Phi) is 9.25. The fourth-order valence-electron chi connectivity index (χ4n) is 8.21. The molecular weight excluding hydrogens is 605 g/mol. The smallest absolute Gasteiger partial charge is 0.310 e. The first-order valence-electron chi connectivity index (χ1n) is 18.2. The average Bonchev–Trinajstić information content (AvgIpc) is 3.29. The quantitative estimate of drug-likeness (QED) is 0.190. The lowest BCUT2D eigenvalue weighted by molar-refractivity contribution is 0.428. The maximum atomic E-state index is 7.31. The molecule has 48 heavy (non-hydrogen) atoms. The number of fused-ring (bicyclic) bond motifs is 8. The molecule has 0 radical (unpaired) electrons. The predicted octanol–water partition coefficient (Wildman–Crippen LogP) is 14.1. The molecule has 0 N–H and O–H groups in total. The van der Waals surface area contributed by atoms with Crippen LogP contribution in [0.4, 0.5) is 0 Å². The van der Waals surface area contributed by atoms with E-state index >= 15 is 0 Å². The van der Waals surface area contributed by atoms with Gasteiger partial charge in [0.05, 0.1) is 0 Å². The maximum absolute atomic E-state index is 7.31. The lowest BCUT2D eigenvalue weighted by Gasteiger charge is -2.34. The lowest BCUT2D eigenvalue weighted by atomic mass is 9.95. The number of hydrogen-bond donors (Lipinski definition) is 0. The second-order valence-electron chi connectivity index (χ2n) is 13.8. The van der Waals surface area contributed by atoms with Gasteiger partial charge in [0.2, 0.25) is 0 Å². The van der Waals surface area contributed by atoms with Crippen LogP contribution in [0.3, 0.4) is 0 Å². The van der Waals surface area contributed by atoms with E-state index in [1.807, 2.05) is 0 Å². The summed E-state index contributed by atoms with van der Waals surface area (Å²) in [6.45, 7) is 2.39. The van der Waals surface area contributed by atoms with Gasteiger partial charge in [-0.15, -0.1) is 0 Å². The summed E-state index contributed by atoms with van der Waals surface area (Å²) in [4.78, 5) is 0. The SMILES string of the molecule is C[C@H](c1cccc2ccccc12)N(C1CCCCCCCCCCC1)p1oc2ccc3ccccc3c2c2c(ccc3ccccc32)o1. The van der Waals surface area contributed by atoms with E-state index in [4.69, 9.17) is 8.39 Å². The fourth-order valence-corrected chi connectivity index (χ4v) is 9.98. The van der Waals surface area contributed by atoms with Gasteiger partial charge in [0.1, 0.15) is 11.2 Å². The van der Waals surface area contributed by atoms with Crippen LogP contribution in [0.25, 0.3) is 54.3 Å². The molecule has 7 aromatic rings. The molecule has 6 aromatic carbocycles. The van der Waals surface area contributed by atoms with Crippen LogP contribution in [0.5, 0.6) is 0 Å². The molecule has 4 heteroatoms. The van der Waals surface area contributed by atoms with Crippen LogP contribution in [-0.2, 0) is 0 Å². The molecule has 1 saturated carbocycles. The zero-order valence-corrected chi connectivity index (χ0v) is 29.0. The summed E-state index contributed by atoms with van der Waals surface area (Å²) in [6.07, 6.45) is 14.2. The standard InChI is InChI=1S/C44H46NO2P/c1-32(37-27-17-21-33-18-11-14-24-38(33)37)45(36-22-9-7-5-3-2-4-6-8-10-23-36)48-46-41-30-28-34-19-12-15-25-39(34)43(41)44-40-26-16-13-20-35(40)29-31-42(44)47-48/h11-21,24-32,36H,2-10,22-23H2,1H3/t32-/m1/s1. The van der Waals surface area contributed by atoms with E-state index in [-0.39, 0.29) is 6.04 Å². The third-order valence-corrected chi connectivity index (χ3v) is 12.4. The van der Waals surface area contributed by atoms with Crippen LogP contribution < -0.4 is 4.67 Å². The van der Waals surface area contributed by atoms with Gasteiger partial charge < -0.3 is 8.39 Å². The van der Waals surface area contributed by atoms with Gasteiger partial charge in [-0.1, -0.05) is 161 Å². The summed E-state index contributed by atoms with van der Waals surface area (Å²) in [7, 11) is -1.50. The first-order valence-corrected chi connectivity index (χ1v) is 19.4. The minimum atomic E-state index is -1.50. The van der Waals surface area contributed by atoms with Crippen molar-refractivity contribution < 1.29 is 8.39 Å². The Morgan fingerprint density at radius 2 is 0.938 bits per heavy atom. The Balaban J connectivity index is 1.39. The van der Waals surface area contributed by atoms with E-state index in [9.17, 15) is 0 Å². The summed E-state index contributed by atoms with van der Waals surface area (Å²) >= 11 is 0. The topological polar surface area (TPSA) is 29.5 Å². The molecule has 0 amide bonds. The Morgan fingerprint density at radius 1 is 0.500 bits per heavy atom. The minimum Gasteiger partial charge on any atom is -0.408 e. The van der Waals surface area contributed by atoms with Gasteiger partial charge in [-0.25, -0.2) is 0 Å². The third-order valence-electron chi connectivity index (χ3n) is 10.7. The van der Waals surface area contributed by atoms with Crippen molar-refractivity contribution in [2.75, 3.05) is 4.67 Å². The molecular formula is C44H46NO2P. The first kappa shape index (κ1) is 31.2. The highest BCUT2D eigenvalue weighted by molar-refractivity contribution is 7.39. The average molecular weight is 652 g/mol. The first-order chi connectivity index (χ1) is 23.8. The molecule has 0 spiro atoms. The number of rotatable bonds is 4. The molecule has 1 fully saturated rings. The second-order valence-corrected chi connectivity index (χ2v) is 15.1. The fraction of sp³-hybridized carbons (Fsp3) is 0.318. The number of benzene rings is 6. The second kappa shape index (κ2) is 14.2. The Labute approximate surface area is 285 Å². The molecule has 1 aliphatic rings. The highest BCUT2D eigenvalue weighted by Crippen LogP contribution is 2.47. The van der Waals surface area contributed by atoms with Gasteiger partial charge in [-0.3, -0.25) is 0 Å². The maximum Gasteiger partial charge on any atom is 0.310 e. The van der Waals surface area contributed by atoms with Crippen LogP contribution >= 0.6 is 8.16 Å². The molecule has 0 saturated heterocycles. The Morgan fingerprint density at radius 3 is 1.48 bits per heavy atom. The molecule has 1 aromatic heterocycles. The molecule has 1 atom stereocenters. The summed E-state index contributed by atoms with van der Waals surface area (Å²) in [6, 6.07) is 42.3. The van der Waals surface area contributed by atoms with Gasteiger partial charge in [0, 0.05) is 22.9 Å². The van der Waals surface area contributed by atoms with Crippen LogP contribution in [0.1, 0.15) is 89.2 Å². The van der Waals surface area contributed by atoms with Gasteiger partial charge in [-0.2, -0.15) is 4.67 Å². The molecule has 3 nitrogen and oxygen atoms in total. The Hall–Kier alpha value is -4.04. The monoisotopic (exact) mass is 651 g/mol. The van der Waals surface area contributed by atoms with Crippen LogP contribution in [0.2, 0.25) is 0 Å². The summed E-state index contributed by atoms with van der Waals surface area (Å²) in [5.41, 5.74) is 3.17. The van der Waals surface area contributed by atoms with Crippen LogP contribution in [-0.4, -0.2) is 6.04 Å². The molecule has 0 unspecified atom stereocenters. The highest BCUT2D eigenvalue weighted by atomic mass is 31.1. The van der Waals surface area contributed by atoms with Gasteiger partial charge >= 0.3 is 8.16 Å². The minimum absolute atomic E-state index is 0.103. The van der Waals surface area contributed by atoms with Crippen LogP contribution in [0.15, 0.2) is 124 Å². The van der Waals surface area contributed by atoms with Crippen molar-refractivity contribution >= 4 is 62.4 Å². The van der Waals surface area contributed by atoms with Gasteiger partial charge in [-0.05, 0) is 69.8 Å². The van der Waals surface area contributed by atoms with Crippen molar-refractivity contribution in [1.29, 1.82) is 0 Å².